The summed E-state index contributed by atoms with van der Waals surface area (Å²) in [7, 11) is 4.23. The number of carboxylic acid groups (broad SMARTS) is 1. The molecule has 1 unspecified atom stereocenters. The van der Waals surface area contributed by atoms with Crippen molar-refractivity contribution in [1.82, 2.24) is 40.8 Å². The number of methoxy groups -OCH3 is 1. The lowest BCUT2D eigenvalue weighted by Crippen LogP contribution is -2.47. The van der Waals surface area contributed by atoms with E-state index in [1.165, 1.54) is 21.6 Å². The van der Waals surface area contributed by atoms with Gasteiger partial charge in [-0.3, -0.25) is 34.3 Å². The van der Waals surface area contributed by atoms with E-state index in [0.29, 0.717) is 78.1 Å². The van der Waals surface area contributed by atoms with Crippen LogP contribution in [-0.4, -0.2) is 134 Å². The molecule has 344 valence electrons. The number of benzene rings is 1. The summed E-state index contributed by atoms with van der Waals surface area (Å²) in [4.78, 5) is 122. The van der Waals surface area contributed by atoms with E-state index in [0.717, 1.165) is 5.56 Å². The number of nitrogens with two attached hydrogens (primary N) is 2. The normalized spacial score (nSPS) is 20.8. The molecule has 2 aromatic heterocycles. The smallest absolute Gasteiger partial charge is 0.404 e. The maximum atomic E-state index is 14.0. The number of hydrogen-bond donors (Lipinski definition) is 7. The van der Waals surface area contributed by atoms with Gasteiger partial charge in [0.15, 0.2) is 22.7 Å². The molecule has 0 spiro atoms. The van der Waals surface area contributed by atoms with E-state index in [9.17, 15) is 38.7 Å². The number of anilines is 1. The number of primary amides is 1. The number of aliphatic carboxylic acids is 1. The van der Waals surface area contributed by atoms with E-state index in [2.05, 4.69) is 35.9 Å². The zero-order valence-corrected chi connectivity index (χ0v) is 36.8. The number of carbonyl (C=O) groups is 6. The molecule has 1 aliphatic carbocycles. The first-order valence-corrected chi connectivity index (χ1v) is 22.8. The molecule has 0 saturated carbocycles. The van der Waals surface area contributed by atoms with Crippen LogP contribution in [-0.2, 0) is 51.1 Å². The summed E-state index contributed by atoms with van der Waals surface area (Å²) in [6.07, 6.45) is 3.03. The number of carbonyl (C=O) groups excluding carboxylic acids is 7. The number of nitrogen functional groups attached to an aromatic ring is 1. The number of H-pyrrole nitrogens is 1. The Bertz CT molecular complexity index is 2540. The van der Waals surface area contributed by atoms with Crippen LogP contribution in [0.25, 0.3) is 11.2 Å². The second-order valence-electron chi connectivity index (χ2n) is 15.3. The van der Waals surface area contributed by atoms with E-state index in [1.54, 1.807) is 32.4 Å². The summed E-state index contributed by atoms with van der Waals surface area (Å²) >= 11 is 0. The molecule has 0 radical (unpaired) electrons. The molecule has 5 heterocycles. The molecule has 22 nitrogen and oxygen atoms in total. The summed E-state index contributed by atoms with van der Waals surface area (Å²) < 4.78 is 11.0. The molecule has 5 atom stereocenters. The van der Waals surface area contributed by atoms with Crippen LogP contribution in [0.3, 0.4) is 0 Å². The number of hydrogen-bond acceptors (Lipinski definition) is 19. The summed E-state index contributed by atoms with van der Waals surface area (Å²) in [6, 6.07) is 5.43. The Labute approximate surface area is 377 Å². The van der Waals surface area contributed by atoms with Gasteiger partial charge in [-0.1, -0.05) is 33.7 Å². The van der Waals surface area contributed by atoms with Gasteiger partial charge in [0.05, 0.1) is 29.7 Å². The fourth-order valence-corrected chi connectivity index (χ4v) is 10.5. The molecular formula is C41H46N10O12S2. The third kappa shape index (κ3) is 10.7. The number of aromatic amines is 1. The molecule has 3 aliphatic heterocycles. The van der Waals surface area contributed by atoms with Crippen LogP contribution < -0.4 is 33.0 Å². The third-order valence-electron chi connectivity index (χ3n) is 11.4. The molecule has 9 N–H and O–H groups in total. The zero-order chi connectivity index (χ0) is 47.0. The number of piperazine rings is 1. The summed E-state index contributed by atoms with van der Waals surface area (Å²) in [5.41, 5.74) is 13.3. The van der Waals surface area contributed by atoms with E-state index in [-0.39, 0.29) is 72.1 Å². The largest absolute Gasteiger partial charge is 0.480 e. The van der Waals surface area contributed by atoms with Gasteiger partial charge in [-0.25, -0.2) is 19.6 Å². The minimum absolute atomic E-state index is 0.00468. The number of ketones is 2. The Hall–Kier alpha value is -6.46. The molecular weight excluding hydrogens is 889 g/mol. The zero-order valence-electron chi connectivity index (χ0n) is 35.2. The highest BCUT2D eigenvalue weighted by atomic mass is 33.1. The highest BCUT2D eigenvalue weighted by Crippen LogP contribution is 2.54. The Morgan fingerprint density at radius 3 is 2.49 bits per heavy atom. The number of nitrogens with one attached hydrogen (secondary N) is 4. The summed E-state index contributed by atoms with van der Waals surface area (Å²) in [6.45, 7) is 2.15. The Balaban J connectivity index is 0.00000227. The molecule has 65 heavy (non-hydrogen) atoms. The predicted octanol–water partition coefficient (Wildman–Crippen LogP) is 0.184. The Morgan fingerprint density at radius 2 is 1.80 bits per heavy atom. The SMILES string of the molecule is CO[C@]12N[C@H]1CN1C3=C(C(=O)C(CCCSSC[C@@H](NC(=O)CCCNC(=O)c4ccc(CCc5cnc6nc(N)[nH]c(=O)c6n5)cc4)C(=O)O)=C(C)C3=O)[C@@H](COC(N)=O)C12.O=C=O. The fraction of sp³-hybridized carbons (Fsp3) is 0.439. The van der Waals surface area contributed by atoms with E-state index in [4.69, 9.17) is 30.5 Å². The quantitative estimate of drug-likeness (QED) is 0.0344. The van der Waals surface area contributed by atoms with Crippen molar-refractivity contribution in [2.45, 2.75) is 69.3 Å². The average molecular weight is 935 g/mol. The van der Waals surface area contributed by atoms with Crippen LogP contribution in [0.1, 0.15) is 54.2 Å². The number of rotatable bonds is 20. The second-order valence-corrected chi connectivity index (χ2v) is 18.0. The van der Waals surface area contributed by atoms with Gasteiger partial charge in [0, 0.05) is 66.3 Å². The second kappa shape index (κ2) is 21.0. The van der Waals surface area contributed by atoms with Gasteiger partial charge in [0.25, 0.3) is 11.5 Å². The number of aryl methyl sites for hydroxylation is 2. The van der Waals surface area contributed by atoms with Crippen molar-refractivity contribution in [2.75, 3.05) is 44.0 Å². The van der Waals surface area contributed by atoms with Gasteiger partial charge >= 0.3 is 18.2 Å². The minimum atomic E-state index is -1.18. The van der Waals surface area contributed by atoms with Crippen molar-refractivity contribution in [3.8, 4) is 0 Å². The molecule has 2 saturated heterocycles. The summed E-state index contributed by atoms with van der Waals surface area (Å²) in [5.74, 6) is -2.48. The fourth-order valence-electron chi connectivity index (χ4n) is 8.29. The number of amides is 3. The number of Topliss-reactive ketones (excluding diaryl/α,β-unsaturated/α-hetero) is 2. The van der Waals surface area contributed by atoms with Gasteiger partial charge in [-0.05, 0) is 56.7 Å². The lowest BCUT2D eigenvalue weighted by Gasteiger charge is -2.31. The van der Waals surface area contributed by atoms with E-state index >= 15 is 0 Å². The number of aromatic nitrogens is 4. The van der Waals surface area contributed by atoms with Crippen LogP contribution in [0, 0.1) is 5.92 Å². The van der Waals surface area contributed by atoms with Gasteiger partial charge < -0.3 is 41.6 Å². The van der Waals surface area contributed by atoms with E-state index < -0.39 is 47.3 Å². The van der Waals surface area contributed by atoms with Crippen molar-refractivity contribution in [1.29, 1.82) is 0 Å². The number of ether oxygens (including phenoxy) is 2. The van der Waals surface area contributed by atoms with Crippen molar-refractivity contribution >= 4 is 80.3 Å². The molecule has 7 rings (SSSR count). The first-order valence-electron chi connectivity index (χ1n) is 20.3. The monoisotopic (exact) mass is 934 g/mol. The molecule has 3 amide bonds. The van der Waals surface area contributed by atoms with Gasteiger partial charge in [0.1, 0.15) is 12.6 Å². The number of fused-ring (bicyclic) bond motifs is 5. The maximum Gasteiger partial charge on any atom is 0.404 e. The van der Waals surface area contributed by atoms with E-state index in [1.807, 2.05) is 17.0 Å². The topological polar surface area (TPSA) is 348 Å². The van der Waals surface area contributed by atoms with Crippen LogP contribution in [0.4, 0.5) is 10.7 Å². The standard InChI is InChI=1S/C40H46N10O10S2.CO2/c1-19-23(32(53)28-24(17-60-39(42)58)33-40(59-2)26(49-40)16-50(33)30(28)31(19)52)5-4-14-61-62-18-25(37(56)57)46-27(51)6-3-13-43-35(54)21-10-7-20(8-11-21)9-12-22-15-44-34-29(45-22)36(55)48-38(41)47-34;2-1-3/h7-8,10-11,15,24-26,33,49H,3-6,9,12-14,16-18H2,1-2H3,(H2,42,58)(H,43,54)(H,46,51)(H,56,57)(H3,41,44,47,48,55);/t24-,25-,26+,33?,40-;/m1./s1. The van der Waals surface area contributed by atoms with Gasteiger partial charge in [0.2, 0.25) is 17.6 Å². The van der Waals surface area contributed by atoms with Crippen molar-refractivity contribution in [3.05, 3.63) is 80.1 Å². The highest BCUT2D eigenvalue weighted by molar-refractivity contribution is 8.76. The Morgan fingerprint density at radius 1 is 1.06 bits per heavy atom. The maximum absolute atomic E-state index is 14.0. The minimum Gasteiger partial charge on any atom is -0.480 e. The third-order valence-corrected chi connectivity index (χ3v) is 13.9. The molecule has 3 aromatic rings. The molecule has 0 bridgehead atoms. The van der Waals surface area contributed by atoms with Crippen molar-refractivity contribution < 1.29 is 52.9 Å². The van der Waals surface area contributed by atoms with Crippen molar-refractivity contribution in [3.63, 3.8) is 0 Å². The Kier molecular flexibility index (Phi) is 15.5. The molecule has 1 aromatic carbocycles. The number of nitrogens with zero attached hydrogens (tertiary/aromatic N) is 4. The number of carboxylic acids is 1. The average Bonchev–Trinajstić information content (AvgIpc) is 3.74. The molecule has 24 heteroatoms. The predicted molar refractivity (Wildman–Crippen MR) is 232 cm³/mol. The van der Waals surface area contributed by atoms with Gasteiger partial charge in [-0.2, -0.15) is 14.6 Å². The number of allylic oxidation sites excluding steroid dienone is 2. The van der Waals surface area contributed by atoms with Crippen molar-refractivity contribution in [2.24, 2.45) is 11.7 Å². The lowest BCUT2D eigenvalue weighted by atomic mass is 9.80. The highest BCUT2D eigenvalue weighted by Gasteiger charge is 2.73. The first kappa shape index (κ1) is 48.0. The van der Waals surface area contributed by atoms with Crippen LogP contribution >= 0.6 is 21.6 Å². The van der Waals surface area contributed by atoms with Crippen LogP contribution in [0.15, 0.2) is 57.7 Å². The first-order chi connectivity index (χ1) is 31.1. The lowest BCUT2D eigenvalue weighted by molar-refractivity contribution is -0.191. The molecule has 4 aliphatic rings. The van der Waals surface area contributed by atoms with Crippen LogP contribution in [0.5, 0.6) is 0 Å². The van der Waals surface area contributed by atoms with Gasteiger partial charge in [-0.15, -0.1) is 0 Å². The molecule has 2 fully saturated rings. The van der Waals surface area contributed by atoms with Crippen LogP contribution in [0.2, 0.25) is 0 Å². The summed E-state index contributed by atoms with van der Waals surface area (Å²) in [5, 5.41) is 18.4.